The van der Waals surface area contributed by atoms with Gasteiger partial charge in [0.05, 0.1) is 6.54 Å². The highest BCUT2D eigenvalue weighted by atomic mass is 16.2. The molecule has 26 heavy (non-hydrogen) atoms. The van der Waals surface area contributed by atoms with Gasteiger partial charge in [0.15, 0.2) is 5.96 Å². The third kappa shape index (κ3) is 6.02. The number of hydrogen-bond donors (Lipinski definition) is 1. The molecule has 0 bridgehead atoms. The second-order valence-corrected chi connectivity index (χ2v) is 6.87. The summed E-state index contributed by atoms with van der Waals surface area (Å²) in [4.78, 5) is 22.7. The Morgan fingerprint density at radius 1 is 1.23 bits per heavy atom. The van der Waals surface area contributed by atoms with Crippen LogP contribution in [0.15, 0.2) is 29.3 Å². The summed E-state index contributed by atoms with van der Waals surface area (Å²) in [5, 5.41) is 3.39. The number of nitrogens with one attached hydrogen (secondary N) is 1. The molecule has 1 aromatic rings. The molecule has 1 aliphatic heterocycles. The van der Waals surface area contributed by atoms with Gasteiger partial charge in [0.1, 0.15) is 0 Å². The van der Waals surface area contributed by atoms with Gasteiger partial charge in [-0.15, -0.1) is 0 Å². The number of carbonyl (C=O) groups is 1. The highest BCUT2D eigenvalue weighted by molar-refractivity contribution is 5.79. The van der Waals surface area contributed by atoms with Gasteiger partial charge in [0.25, 0.3) is 0 Å². The van der Waals surface area contributed by atoms with Gasteiger partial charge in [-0.3, -0.25) is 14.7 Å². The lowest BCUT2D eigenvalue weighted by Gasteiger charge is -2.33. The van der Waals surface area contributed by atoms with Crippen LogP contribution in [0.3, 0.4) is 0 Å². The van der Waals surface area contributed by atoms with E-state index in [1.54, 1.807) is 6.92 Å². The summed E-state index contributed by atoms with van der Waals surface area (Å²) in [6, 6.07) is 8.47. The molecule has 6 nitrogen and oxygen atoms in total. The van der Waals surface area contributed by atoms with Crippen LogP contribution in [0.4, 0.5) is 0 Å². The first-order valence-electron chi connectivity index (χ1n) is 9.53. The first-order chi connectivity index (χ1) is 12.5. The van der Waals surface area contributed by atoms with Gasteiger partial charge in [0, 0.05) is 59.8 Å². The second kappa shape index (κ2) is 10.2. The van der Waals surface area contributed by atoms with E-state index >= 15 is 0 Å². The number of piperazine rings is 1. The third-order valence-electron chi connectivity index (χ3n) is 4.86. The minimum Gasteiger partial charge on any atom is -0.357 e. The highest BCUT2D eigenvalue weighted by Gasteiger charge is 2.18. The van der Waals surface area contributed by atoms with Crippen molar-refractivity contribution in [3.8, 4) is 0 Å². The zero-order valence-corrected chi connectivity index (χ0v) is 16.7. The summed E-state index contributed by atoms with van der Waals surface area (Å²) in [6.07, 6.45) is 0. The Morgan fingerprint density at radius 3 is 2.54 bits per heavy atom. The topological polar surface area (TPSA) is 51.2 Å². The van der Waals surface area contributed by atoms with Crippen molar-refractivity contribution in [2.75, 3.05) is 52.9 Å². The normalized spacial score (nSPS) is 15.8. The van der Waals surface area contributed by atoms with Crippen molar-refractivity contribution >= 4 is 11.9 Å². The summed E-state index contributed by atoms with van der Waals surface area (Å²) in [7, 11) is 2.08. The SMILES string of the molecule is CCNC(=NCCN1CCN(C(C)=O)CC1)N(C)Cc1ccccc1C. The number of carbonyl (C=O) groups excluding carboxylic acids is 1. The average molecular weight is 360 g/mol. The van der Waals surface area contributed by atoms with Gasteiger partial charge in [-0.25, -0.2) is 0 Å². The Morgan fingerprint density at radius 2 is 1.92 bits per heavy atom. The lowest BCUT2D eigenvalue weighted by molar-refractivity contribution is -0.130. The predicted molar refractivity (Wildman–Crippen MR) is 107 cm³/mol. The lowest BCUT2D eigenvalue weighted by Crippen LogP contribution is -2.48. The Bertz CT molecular complexity index is 608. The molecule has 0 unspecified atom stereocenters. The zero-order chi connectivity index (χ0) is 18.9. The quantitative estimate of drug-likeness (QED) is 0.619. The van der Waals surface area contributed by atoms with Crippen LogP contribution in [-0.4, -0.2) is 79.4 Å². The highest BCUT2D eigenvalue weighted by Crippen LogP contribution is 2.09. The Balaban J connectivity index is 1.86. The molecule has 0 radical (unpaired) electrons. The summed E-state index contributed by atoms with van der Waals surface area (Å²) in [5.74, 6) is 1.12. The number of guanidine groups is 1. The second-order valence-electron chi connectivity index (χ2n) is 6.87. The van der Waals surface area contributed by atoms with E-state index < -0.39 is 0 Å². The summed E-state index contributed by atoms with van der Waals surface area (Å²) < 4.78 is 0. The fourth-order valence-corrected chi connectivity index (χ4v) is 3.17. The maximum absolute atomic E-state index is 11.4. The number of aliphatic imine (C=N–C) groups is 1. The summed E-state index contributed by atoms with van der Waals surface area (Å²) >= 11 is 0. The molecule has 144 valence electrons. The number of aryl methyl sites for hydroxylation is 1. The number of nitrogens with zero attached hydrogens (tertiary/aromatic N) is 4. The molecule has 1 fully saturated rings. The number of benzene rings is 1. The number of rotatable bonds is 6. The van der Waals surface area contributed by atoms with Crippen LogP contribution >= 0.6 is 0 Å². The molecule has 6 heteroatoms. The Hall–Kier alpha value is -2.08. The first kappa shape index (κ1) is 20.2. The molecule has 1 aromatic carbocycles. The minimum absolute atomic E-state index is 0.176. The molecule has 1 saturated heterocycles. The average Bonchev–Trinajstić information content (AvgIpc) is 2.63. The lowest BCUT2D eigenvalue weighted by atomic mass is 10.1. The van der Waals surface area contributed by atoms with Crippen molar-refractivity contribution in [1.29, 1.82) is 0 Å². The standard InChI is InChI=1S/C20H33N5O/c1-5-21-20(23(4)16-19-9-7-6-8-17(19)2)22-10-11-24-12-14-25(15-13-24)18(3)26/h6-9H,5,10-16H2,1-4H3,(H,21,22). The molecule has 0 spiro atoms. The minimum atomic E-state index is 0.176. The number of amides is 1. The molecular weight excluding hydrogens is 326 g/mol. The van der Waals surface area contributed by atoms with E-state index in [2.05, 4.69) is 60.3 Å². The molecule has 1 N–H and O–H groups in total. The largest absolute Gasteiger partial charge is 0.357 e. The van der Waals surface area contributed by atoms with Crippen LogP contribution < -0.4 is 5.32 Å². The smallest absolute Gasteiger partial charge is 0.219 e. The Kier molecular flexibility index (Phi) is 7.91. The van der Waals surface area contributed by atoms with Crippen LogP contribution in [0.1, 0.15) is 25.0 Å². The van der Waals surface area contributed by atoms with Crippen molar-refractivity contribution in [1.82, 2.24) is 20.0 Å². The van der Waals surface area contributed by atoms with Crippen molar-refractivity contribution in [3.05, 3.63) is 35.4 Å². The van der Waals surface area contributed by atoms with Crippen LogP contribution in [-0.2, 0) is 11.3 Å². The predicted octanol–water partition coefficient (Wildman–Crippen LogP) is 1.56. The van der Waals surface area contributed by atoms with E-state index in [0.29, 0.717) is 0 Å². The summed E-state index contributed by atoms with van der Waals surface area (Å²) in [5.41, 5.74) is 2.62. The first-order valence-corrected chi connectivity index (χ1v) is 9.53. The third-order valence-corrected chi connectivity index (χ3v) is 4.86. The van der Waals surface area contributed by atoms with E-state index in [0.717, 1.165) is 58.3 Å². The van der Waals surface area contributed by atoms with Gasteiger partial charge in [-0.1, -0.05) is 24.3 Å². The van der Waals surface area contributed by atoms with E-state index in [4.69, 9.17) is 4.99 Å². The Labute approximate surface area is 157 Å². The zero-order valence-electron chi connectivity index (χ0n) is 16.7. The molecule has 1 heterocycles. The van der Waals surface area contributed by atoms with Crippen LogP contribution in [0, 0.1) is 6.92 Å². The van der Waals surface area contributed by atoms with Gasteiger partial charge >= 0.3 is 0 Å². The van der Waals surface area contributed by atoms with Gasteiger partial charge in [-0.05, 0) is 25.0 Å². The van der Waals surface area contributed by atoms with Gasteiger partial charge < -0.3 is 15.1 Å². The van der Waals surface area contributed by atoms with E-state index in [1.807, 2.05) is 4.90 Å². The monoisotopic (exact) mass is 359 g/mol. The fraction of sp³-hybridized carbons (Fsp3) is 0.600. The van der Waals surface area contributed by atoms with E-state index in [1.165, 1.54) is 11.1 Å². The maximum atomic E-state index is 11.4. The molecule has 2 rings (SSSR count). The van der Waals surface area contributed by atoms with Crippen LogP contribution in [0.25, 0.3) is 0 Å². The van der Waals surface area contributed by atoms with Crippen molar-refractivity contribution in [3.63, 3.8) is 0 Å². The summed E-state index contributed by atoms with van der Waals surface area (Å²) in [6.45, 7) is 12.8. The number of hydrogen-bond acceptors (Lipinski definition) is 3. The molecule has 0 saturated carbocycles. The van der Waals surface area contributed by atoms with Gasteiger partial charge in [0.2, 0.25) is 5.91 Å². The molecule has 1 aliphatic rings. The molecule has 0 aliphatic carbocycles. The molecule has 0 aromatic heterocycles. The van der Waals surface area contributed by atoms with E-state index in [9.17, 15) is 4.79 Å². The molecular formula is C20H33N5O. The van der Waals surface area contributed by atoms with Crippen molar-refractivity contribution < 1.29 is 4.79 Å². The van der Waals surface area contributed by atoms with Crippen molar-refractivity contribution in [2.45, 2.75) is 27.3 Å². The van der Waals surface area contributed by atoms with Gasteiger partial charge in [-0.2, -0.15) is 0 Å². The van der Waals surface area contributed by atoms with Crippen LogP contribution in [0.5, 0.6) is 0 Å². The van der Waals surface area contributed by atoms with Crippen LogP contribution in [0.2, 0.25) is 0 Å². The fourth-order valence-electron chi connectivity index (χ4n) is 3.17. The molecule has 1 amide bonds. The molecule has 0 atom stereocenters. The maximum Gasteiger partial charge on any atom is 0.219 e. The van der Waals surface area contributed by atoms with Crippen molar-refractivity contribution in [2.24, 2.45) is 4.99 Å². The van der Waals surface area contributed by atoms with E-state index in [-0.39, 0.29) is 5.91 Å².